The lowest BCUT2D eigenvalue weighted by Gasteiger charge is -2.11. The van der Waals surface area contributed by atoms with Crippen molar-refractivity contribution in [3.63, 3.8) is 0 Å². The molecule has 0 saturated carbocycles. The minimum Gasteiger partial charge on any atom is -0.478 e. The molecule has 0 heterocycles. The summed E-state index contributed by atoms with van der Waals surface area (Å²) >= 11 is 0. The maximum atomic E-state index is 13.0. The van der Waals surface area contributed by atoms with E-state index < -0.39 is 37.8 Å². The van der Waals surface area contributed by atoms with Crippen molar-refractivity contribution >= 4 is 49.1 Å². The molecule has 0 aromatic heterocycles. The molecule has 6 aromatic carbocycles. The Bertz CT molecular complexity index is 2650. The van der Waals surface area contributed by atoms with Crippen molar-refractivity contribution < 1.29 is 45.8 Å². The van der Waals surface area contributed by atoms with E-state index in [0.29, 0.717) is 48.2 Å². The number of carboxylic acid groups (broad SMARTS) is 2. The number of rotatable bonds is 15. The summed E-state index contributed by atoms with van der Waals surface area (Å²) in [7, 11) is -7.62. The minimum absolute atomic E-state index is 0.0327. The van der Waals surface area contributed by atoms with Gasteiger partial charge in [0.05, 0.1) is 20.9 Å². The Morgan fingerprint density at radius 1 is 0.517 bits per heavy atom. The summed E-state index contributed by atoms with van der Waals surface area (Å²) in [5, 5.41) is 18.6. The first-order valence-corrected chi connectivity index (χ1v) is 20.8. The SMILES string of the molecule is CC(=O)c1ccc(S(=O)(=O)Nc2cccc(CCc3ccccc3C(=O)O)c2)cc1.O=C(O)c1ccccc1CCc1cccc(NS(=O)(=O)c2ccc(F)cc2)c1. The third-order valence-electron chi connectivity index (χ3n) is 8.92. The Morgan fingerprint density at radius 3 is 1.31 bits per heavy atom. The van der Waals surface area contributed by atoms with Crippen LogP contribution >= 0.6 is 0 Å². The van der Waals surface area contributed by atoms with Gasteiger partial charge in [0, 0.05) is 16.9 Å². The number of anilines is 2. The third kappa shape index (κ3) is 11.7. The first-order valence-electron chi connectivity index (χ1n) is 17.8. The van der Waals surface area contributed by atoms with Gasteiger partial charge in [-0.1, -0.05) is 72.8 Å². The van der Waals surface area contributed by atoms with E-state index in [4.69, 9.17) is 0 Å². The quantitative estimate of drug-likeness (QED) is 0.0741. The van der Waals surface area contributed by atoms with Crippen LogP contribution in [-0.2, 0) is 45.7 Å². The fourth-order valence-electron chi connectivity index (χ4n) is 5.94. The zero-order valence-corrected chi connectivity index (χ0v) is 32.8. The highest BCUT2D eigenvalue weighted by atomic mass is 32.2. The van der Waals surface area contributed by atoms with Crippen LogP contribution in [0.15, 0.2) is 155 Å². The highest BCUT2D eigenvalue weighted by Crippen LogP contribution is 2.22. The molecule has 0 aliphatic carbocycles. The van der Waals surface area contributed by atoms with E-state index >= 15 is 0 Å². The van der Waals surface area contributed by atoms with E-state index in [2.05, 4.69) is 9.44 Å². The lowest BCUT2D eigenvalue weighted by atomic mass is 10.00. The van der Waals surface area contributed by atoms with Crippen molar-refractivity contribution in [2.45, 2.75) is 42.4 Å². The molecule has 4 N–H and O–H groups in total. The van der Waals surface area contributed by atoms with Gasteiger partial charge >= 0.3 is 11.9 Å². The van der Waals surface area contributed by atoms with Crippen LogP contribution in [0.3, 0.4) is 0 Å². The third-order valence-corrected chi connectivity index (χ3v) is 11.7. The van der Waals surface area contributed by atoms with Crippen molar-refractivity contribution in [1.29, 1.82) is 0 Å². The lowest BCUT2D eigenvalue weighted by Crippen LogP contribution is -2.13. The van der Waals surface area contributed by atoms with Crippen molar-refractivity contribution in [1.82, 2.24) is 0 Å². The number of aromatic carboxylic acids is 2. The summed E-state index contributed by atoms with van der Waals surface area (Å²) < 4.78 is 68.1. The topological polar surface area (TPSA) is 184 Å². The normalized spacial score (nSPS) is 11.1. The van der Waals surface area contributed by atoms with E-state index in [9.17, 15) is 45.8 Å². The summed E-state index contributed by atoms with van der Waals surface area (Å²) in [5.41, 5.74) is 4.94. The number of benzene rings is 6. The first-order chi connectivity index (χ1) is 27.6. The number of hydrogen-bond acceptors (Lipinski definition) is 7. The van der Waals surface area contributed by atoms with Crippen molar-refractivity contribution in [2.75, 3.05) is 9.44 Å². The Balaban J connectivity index is 0.000000221. The number of sulfonamides is 2. The molecule has 0 spiro atoms. The maximum absolute atomic E-state index is 13.0. The van der Waals surface area contributed by atoms with Crippen LogP contribution in [0.25, 0.3) is 0 Å². The van der Waals surface area contributed by atoms with Gasteiger partial charge in [-0.25, -0.2) is 30.8 Å². The van der Waals surface area contributed by atoms with Gasteiger partial charge in [-0.15, -0.1) is 0 Å². The van der Waals surface area contributed by atoms with E-state index in [-0.39, 0.29) is 26.7 Å². The lowest BCUT2D eigenvalue weighted by molar-refractivity contribution is 0.0684. The zero-order valence-electron chi connectivity index (χ0n) is 31.1. The molecule has 0 fully saturated rings. The predicted octanol–water partition coefficient (Wildman–Crippen LogP) is 8.28. The van der Waals surface area contributed by atoms with Crippen LogP contribution in [-0.4, -0.2) is 44.8 Å². The van der Waals surface area contributed by atoms with Crippen molar-refractivity contribution in [3.8, 4) is 0 Å². The van der Waals surface area contributed by atoms with Gasteiger partial charge in [-0.05, 0) is 128 Å². The van der Waals surface area contributed by atoms with Gasteiger partial charge in [-0.3, -0.25) is 14.2 Å². The second-order valence-corrected chi connectivity index (χ2v) is 16.4. The maximum Gasteiger partial charge on any atom is 0.335 e. The summed E-state index contributed by atoms with van der Waals surface area (Å²) in [5.74, 6) is -2.59. The van der Waals surface area contributed by atoms with E-state index in [1.165, 1.54) is 43.3 Å². The number of carbonyl (C=O) groups is 3. The first kappa shape index (κ1) is 42.5. The molecule has 0 radical (unpaired) electrons. The summed E-state index contributed by atoms with van der Waals surface area (Å²) in [6, 6.07) is 37.8. The van der Waals surface area contributed by atoms with Crippen LogP contribution in [0.5, 0.6) is 0 Å². The number of ketones is 1. The summed E-state index contributed by atoms with van der Waals surface area (Å²) in [6.45, 7) is 1.42. The van der Waals surface area contributed by atoms with Gasteiger partial charge in [-0.2, -0.15) is 0 Å². The second-order valence-electron chi connectivity index (χ2n) is 13.1. The van der Waals surface area contributed by atoms with Gasteiger partial charge in [0.2, 0.25) is 0 Å². The van der Waals surface area contributed by atoms with Crippen molar-refractivity contribution in [2.24, 2.45) is 0 Å². The highest BCUT2D eigenvalue weighted by Gasteiger charge is 2.17. The van der Waals surface area contributed by atoms with E-state index in [1.54, 1.807) is 84.9 Å². The molecule has 0 saturated heterocycles. The number of aryl methyl sites for hydroxylation is 4. The van der Waals surface area contributed by atoms with Crippen molar-refractivity contribution in [3.05, 3.63) is 190 Å². The number of hydrogen-bond donors (Lipinski definition) is 4. The summed E-state index contributed by atoms with van der Waals surface area (Å²) in [4.78, 5) is 34.0. The standard InChI is InChI=1S/C23H21NO5S.C21H18FNO4S/c1-16(25)18-11-13-21(14-12-18)30(28,29)24-20-7-4-5-17(15-20)9-10-19-6-2-3-8-22(19)23(26)27;22-17-10-12-19(13-11-17)28(26,27)23-18-6-3-4-15(14-18)8-9-16-5-1-2-7-20(16)21(24)25/h2-8,11-15,24H,9-10H2,1H3,(H,26,27);1-7,10-14,23H,8-9H2,(H,24,25). The van der Waals surface area contributed by atoms with E-state index in [0.717, 1.165) is 28.8 Å². The number of carboxylic acids is 2. The Kier molecular flexibility index (Phi) is 13.9. The minimum atomic E-state index is -3.83. The molecular formula is C44H39FN2O9S2. The molecule has 0 bridgehead atoms. The molecule has 0 atom stereocenters. The second kappa shape index (κ2) is 19.0. The van der Waals surface area contributed by atoms with Gasteiger partial charge in [0.25, 0.3) is 20.0 Å². The number of nitrogens with one attached hydrogen (secondary N) is 2. The fourth-order valence-corrected chi connectivity index (χ4v) is 8.04. The Labute approximate surface area is 336 Å². The van der Waals surface area contributed by atoms with E-state index in [1.807, 2.05) is 12.1 Å². The molecular weight excluding hydrogens is 784 g/mol. The highest BCUT2D eigenvalue weighted by molar-refractivity contribution is 7.93. The van der Waals surface area contributed by atoms with Gasteiger partial charge in [0.1, 0.15) is 5.82 Å². The predicted molar refractivity (Wildman–Crippen MR) is 219 cm³/mol. The number of Topliss-reactive ketones (excluding diaryl/α,β-unsaturated/α-hetero) is 1. The van der Waals surface area contributed by atoms with Gasteiger partial charge in [0.15, 0.2) is 5.78 Å². The molecule has 11 nitrogen and oxygen atoms in total. The number of carbonyl (C=O) groups excluding carboxylic acids is 1. The Morgan fingerprint density at radius 2 is 0.914 bits per heavy atom. The molecule has 298 valence electrons. The molecule has 6 aromatic rings. The summed E-state index contributed by atoms with van der Waals surface area (Å²) in [6.07, 6.45) is 2.14. The molecule has 0 aliphatic rings. The van der Waals surface area contributed by atoms with Gasteiger partial charge < -0.3 is 10.2 Å². The number of halogens is 1. The molecule has 0 unspecified atom stereocenters. The fraction of sp³-hybridized carbons (Fsp3) is 0.114. The molecule has 58 heavy (non-hydrogen) atoms. The van der Waals surface area contributed by atoms with Crippen LogP contribution in [0.2, 0.25) is 0 Å². The average Bonchev–Trinajstić information content (AvgIpc) is 3.20. The van der Waals surface area contributed by atoms with Crippen LogP contribution < -0.4 is 9.44 Å². The zero-order chi connectivity index (χ0) is 41.9. The van der Waals surface area contributed by atoms with Crippen LogP contribution in [0.1, 0.15) is 60.3 Å². The molecule has 14 heteroatoms. The molecule has 0 amide bonds. The largest absolute Gasteiger partial charge is 0.478 e. The molecule has 6 rings (SSSR count). The Hall–Kier alpha value is -6.64. The molecule has 0 aliphatic heterocycles. The average molecular weight is 823 g/mol. The monoisotopic (exact) mass is 822 g/mol. The van der Waals surface area contributed by atoms with Crippen LogP contribution in [0.4, 0.5) is 15.8 Å². The van der Waals surface area contributed by atoms with Crippen LogP contribution in [0, 0.1) is 5.82 Å². The smallest absolute Gasteiger partial charge is 0.335 e.